The number of hydrogen-bond donors (Lipinski definition) is 2. The Morgan fingerprint density at radius 2 is 1.93 bits per heavy atom. The first-order valence-corrected chi connectivity index (χ1v) is 11.9. The Bertz CT molecular complexity index is 666. The van der Waals surface area contributed by atoms with Gasteiger partial charge in [-0.3, -0.25) is 4.79 Å². The summed E-state index contributed by atoms with van der Waals surface area (Å²) >= 11 is 20.3. The second-order valence-corrected chi connectivity index (χ2v) is 9.63. The summed E-state index contributed by atoms with van der Waals surface area (Å²) < 4.78 is 4.82. The third-order valence-electron chi connectivity index (χ3n) is 4.93. The van der Waals surface area contributed by atoms with Gasteiger partial charge in [-0.15, -0.1) is 23.4 Å². The van der Waals surface area contributed by atoms with E-state index in [0.717, 1.165) is 23.5 Å². The molecule has 0 radical (unpaired) electrons. The van der Waals surface area contributed by atoms with Crippen molar-refractivity contribution in [1.82, 2.24) is 0 Å². The number of carbonyl (C=O) groups excluding carboxylic acids is 1. The van der Waals surface area contributed by atoms with Crippen LogP contribution in [0.2, 0.25) is 10.0 Å². The Morgan fingerprint density at radius 3 is 2.62 bits per heavy atom. The Labute approximate surface area is 191 Å². The van der Waals surface area contributed by atoms with E-state index in [4.69, 9.17) is 44.6 Å². The van der Waals surface area contributed by atoms with E-state index in [1.54, 1.807) is 17.8 Å². The van der Waals surface area contributed by atoms with E-state index in [2.05, 4.69) is 12.2 Å². The number of alkyl halides is 1. The molecule has 1 aromatic rings. The van der Waals surface area contributed by atoms with Gasteiger partial charge in [0.25, 0.3) is 0 Å². The van der Waals surface area contributed by atoms with Crippen molar-refractivity contribution >= 4 is 52.5 Å². The Morgan fingerprint density at radius 1 is 1.21 bits per heavy atom. The average Bonchev–Trinajstić information content (AvgIpc) is 2.93. The molecule has 0 spiro atoms. The Balaban J connectivity index is 1.79. The molecular formula is C21H27Cl3O4S. The van der Waals surface area contributed by atoms with Gasteiger partial charge in [-0.1, -0.05) is 35.4 Å². The lowest BCUT2D eigenvalue weighted by atomic mass is 9.93. The molecule has 1 aromatic carbocycles. The summed E-state index contributed by atoms with van der Waals surface area (Å²) in [7, 11) is 0. The number of unbranched alkanes of at least 4 members (excludes halogenated alkanes) is 1. The van der Waals surface area contributed by atoms with Crippen LogP contribution < -0.4 is 0 Å². The monoisotopic (exact) mass is 480 g/mol. The highest BCUT2D eigenvalue weighted by Crippen LogP contribution is 2.41. The van der Waals surface area contributed by atoms with Crippen LogP contribution in [0, 0.1) is 11.8 Å². The fraction of sp³-hybridized carbons (Fsp3) is 0.571. The van der Waals surface area contributed by atoms with Gasteiger partial charge in [0.1, 0.15) is 6.61 Å². The first kappa shape index (κ1) is 24.8. The normalized spacial score (nSPS) is 24.3. The standard InChI is InChI=1S/C21H27Cl3O4S/c22-14-9-15(23)11-16(10-14)29-13-18-17(19(24)12-20(18)26)5-3-1-2-4-6-21(27)28-8-7-25/h1,3,9-11,17-20,25-26H,2,4-8,12-13H2/b3-1-/t17-,18-,19-,20-/m1/s1. The summed E-state index contributed by atoms with van der Waals surface area (Å²) in [6, 6.07) is 5.45. The predicted molar refractivity (Wildman–Crippen MR) is 120 cm³/mol. The number of carbonyl (C=O) groups is 1. The molecule has 1 fully saturated rings. The van der Waals surface area contributed by atoms with E-state index in [9.17, 15) is 9.90 Å². The van der Waals surface area contributed by atoms with Crippen LogP contribution >= 0.6 is 46.6 Å². The Kier molecular flexibility index (Phi) is 11.2. The van der Waals surface area contributed by atoms with Crippen LogP contribution in [0.5, 0.6) is 0 Å². The quantitative estimate of drug-likeness (QED) is 0.147. The highest BCUT2D eigenvalue weighted by Gasteiger charge is 2.40. The van der Waals surface area contributed by atoms with Gasteiger partial charge >= 0.3 is 5.97 Å². The topological polar surface area (TPSA) is 66.8 Å². The fourth-order valence-electron chi connectivity index (χ4n) is 3.46. The van der Waals surface area contributed by atoms with Crippen LogP contribution in [-0.2, 0) is 9.53 Å². The fourth-order valence-corrected chi connectivity index (χ4v) is 5.86. The van der Waals surface area contributed by atoms with Gasteiger partial charge in [-0.25, -0.2) is 0 Å². The first-order chi connectivity index (χ1) is 13.9. The predicted octanol–water partition coefficient (Wildman–Crippen LogP) is 5.34. The molecule has 4 nitrogen and oxygen atoms in total. The lowest BCUT2D eigenvalue weighted by molar-refractivity contribution is -0.144. The van der Waals surface area contributed by atoms with E-state index in [0.29, 0.717) is 29.3 Å². The van der Waals surface area contributed by atoms with Gasteiger partial charge in [0.15, 0.2) is 0 Å². The van der Waals surface area contributed by atoms with Gasteiger partial charge in [0.05, 0.1) is 12.7 Å². The first-order valence-electron chi connectivity index (χ1n) is 9.73. The van der Waals surface area contributed by atoms with Gasteiger partial charge < -0.3 is 14.9 Å². The second kappa shape index (κ2) is 13.1. The molecule has 0 saturated heterocycles. The summed E-state index contributed by atoms with van der Waals surface area (Å²) in [5.74, 6) is 0.749. The molecule has 0 aliphatic heterocycles. The molecule has 0 heterocycles. The second-order valence-electron chi connectivity index (χ2n) is 7.11. The van der Waals surface area contributed by atoms with Gasteiger partial charge in [-0.05, 0) is 55.7 Å². The highest BCUT2D eigenvalue weighted by molar-refractivity contribution is 7.99. The Hall–Kier alpha value is -0.430. The number of rotatable bonds is 11. The smallest absolute Gasteiger partial charge is 0.305 e. The summed E-state index contributed by atoms with van der Waals surface area (Å²) in [6.45, 7) is -0.0984. The largest absolute Gasteiger partial charge is 0.463 e. The maximum atomic E-state index is 11.4. The van der Waals surface area contributed by atoms with Crippen LogP contribution in [0.3, 0.4) is 0 Å². The molecule has 0 amide bonds. The maximum Gasteiger partial charge on any atom is 0.305 e. The van der Waals surface area contributed by atoms with Crippen molar-refractivity contribution in [1.29, 1.82) is 0 Å². The zero-order chi connectivity index (χ0) is 21.2. The molecule has 162 valence electrons. The molecular weight excluding hydrogens is 455 g/mol. The van der Waals surface area contributed by atoms with Crippen molar-refractivity contribution in [3.63, 3.8) is 0 Å². The summed E-state index contributed by atoms with van der Waals surface area (Å²) in [5.41, 5.74) is 0. The minimum Gasteiger partial charge on any atom is -0.463 e. The molecule has 2 rings (SSSR count). The molecule has 1 saturated carbocycles. The number of thioether (sulfide) groups is 1. The van der Waals surface area contributed by atoms with Crippen molar-refractivity contribution in [3.8, 4) is 0 Å². The molecule has 0 bridgehead atoms. The number of halogens is 3. The summed E-state index contributed by atoms with van der Waals surface area (Å²) in [5, 5.41) is 20.2. The summed E-state index contributed by atoms with van der Waals surface area (Å²) in [6.07, 6.45) is 6.93. The number of hydrogen-bond acceptors (Lipinski definition) is 5. The van der Waals surface area contributed by atoms with Crippen molar-refractivity contribution in [2.24, 2.45) is 11.8 Å². The number of aliphatic hydroxyl groups is 2. The van der Waals surface area contributed by atoms with Crippen LogP contribution in [0.1, 0.15) is 32.1 Å². The molecule has 0 aromatic heterocycles. The SMILES string of the molecule is O=C(CCC/C=C\C[C@@H]1[C@@H](CSc2cc(Cl)cc(Cl)c2)[C@H](O)C[C@H]1Cl)OCCO. The maximum absolute atomic E-state index is 11.4. The third-order valence-corrected chi connectivity index (χ3v) is 6.99. The molecule has 29 heavy (non-hydrogen) atoms. The number of allylic oxidation sites excluding steroid dienone is 2. The lowest BCUT2D eigenvalue weighted by Gasteiger charge is -2.22. The van der Waals surface area contributed by atoms with Crippen LogP contribution in [-0.4, -0.2) is 46.6 Å². The van der Waals surface area contributed by atoms with E-state index in [1.165, 1.54) is 0 Å². The van der Waals surface area contributed by atoms with Gasteiger partial charge in [0.2, 0.25) is 0 Å². The molecule has 2 N–H and O–H groups in total. The third kappa shape index (κ3) is 8.68. The molecule has 0 unspecified atom stereocenters. The molecule has 4 atom stereocenters. The lowest BCUT2D eigenvalue weighted by Crippen LogP contribution is -2.22. The molecule has 1 aliphatic carbocycles. The number of benzene rings is 1. The minimum atomic E-state index is -0.417. The molecule has 1 aliphatic rings. The number of esters is 1. The van der Waals surface area contributed by atoms with Gasteiger partial charge in [0, 0.05) is 32.5 Å². The number of aliphatic hydroxyl groups excluding tert-OH is 2. The highest BCUT2D eigenvalue weighted by atomic mass is 35.5. The zero-order valence-electron chi connectivity index (χ0n) is 16.1. The van der Waals surface area contributed by atoms with Gasteiger partial charge in [-0.2, -0.15) is 0 Å². The summed E-state index contributed by atoms with van der Waals surface area (Å²) in [4.78, 5) is 12.4. The van der Waals surface area contributed by atoms with Crippen molar-refractivity contribution in [3.05, 3.63) is 40.4 Å². The van der Waals surface area contributed by atoms with E-state index in [1.807, 2.05) is 12.1 Å². The molecule has 8 heteroatoms. The van der Waals surface area contributed by atoms with Crippen LogP contribution in [0.15, 0.2) is 35.2 Å². The van der Waals surface area contributed by atoms with Crippen LogP contribution in [0.4, 0.5) is 0 Å². The van der Waals surface area contributed by atoms with Crippen LogP contribution in [0.25, 0.3) is 0 Å². The van der Waals surface area contributed by atoms with Crippen molar-refractivity contribution < 1.29 is 19.7 Å². The van der Waals surface area contributed by atoms with E-state index >= 15 is 0 Å². The number of ether oxygens (including phenoxy) is 1. The minimum absolute atomic E-state index is 0.0522. The van der Waals surface area contributed by atoms with E-state index in [-0.39, 0.29) is 36.4 Å². The van der Waals surface area contributed by atoms with E-state index < -0.39 is 6.10 Å². The van der Waals surface area contributed by atoms with Crippen molar-refractivity contribution in [2.45, 2.75) is 48.5 Å². The average molecular weight is 482 g/mol. The van der Waals surface area contributed by atoms with Crippen molar-refractivity contribution in [2.75, 3.05) is 19.0 Å². The zero-order valence-corrected chi connectivity index (χ0v) is 19.2.